The van der Waals surface area contributed by atoms with Gasteiger partial charge in [0.25, 0.3) is 0 Å². The molecule has 2 aromatic carbocycles. The van der Waals surface area contributed by atoms with Crippen LogP contribution in [0.25, 0.3) is 22.2 Å². The van der Waals surface area contributed by atoms with Crippen LogP contribution in [0.5, 0.6) is 5.75 Å². The molecule has 0 radical (unpaired) electrons. The number of carbonyl (C=O) groups is 1. The van der Waals surface area contributed by atoms with Crippen LogP contribution in [-0.4, -0.2) is 23.2 Å². The molecule has 0 bridgehead atoms. The fraction of sp³-hybridized carbons (Fsp3) is 0.238. The lowest BCUT2D eigenvalue weighted by Gasteiger charge is -2.10. The minimum Gasteiger partial charge on any atom is -0.495 e. The van der Waals surface area contributed by atoms with E-state index in [-0.39, 0.29) is 5.56 Å². The Bertz CT molecular complexity index is 969. The normalized spacial score (nSPS) is 10.9. The monoisotopic (exact) mass is 369 g/mol. The van der Waals surface area contributed by atoms with Crippen molar-refractivity contribution in [3.63, 3.8) is 0 Å². The Hall–Kier alpha value is -2.59. The average molecular weight is 370 g/mol. The van der Waals surface area contributed by atoms with Crippen molar-refractivity contribution in [3.8, 4) is 17.0 Å². The SMILES string of the molecule is CCCCc1ccc2nc(-c3ccc(OC)c(Cl)c3)cc(C(=O)O)c2c1. The van der Waals surface area contributed by atoms with Crippen LogP contribution in [0.1, 0.15) is 35.7 Å². The summed E-state index contributed by atoms with van der Waals surface area (Å²) in [6.07, 6.45) is 3.10. The molecule has 1 N–H and O–H groups in total. The fourth-order valence-corrected chi connectivity index (χ4v) is 3.22. The number of aryl methyl sites for hydroxylation is 1. The molecule has 3 rings (SSSR count). The first-order valence-electron chi connectivity index (χ1n) is 8.54. The Balaban J connectivity index is 2.13. The quantitative estimate of drug-likeness (QED) is 0.614. The van der Waals surface area contributed by atoms with E-state index in [1.807, 2.05) is 24.3 Å². The van der Waals surface area contributed by atoms with Gasteiger partial charge in [0.15, 0.2) is 0 Å². The molecule has 0 unspecified atom stereocenters. The van der Waals surface area contributed by atoms with Crippen LogP contribution in [0.3, 0.4) is 0 Å². The zero-order chi connectivity index (χ0) is 18.7. The van der Waals surface area contributed by atoms with Gasteiger partial charge >= 0.3 is 5.97 Å². The highest BCUT2D eigenvalue weighted by atomic mass is 35.5. The molecule has 0 atom stereocenters. The molecule has 1 aromatic heterocycles. The lowest BCUT2D eigenvalue weighted by atomic mass is 10.0. The number of halogens is 1. The van der Waals surface area contributed by atoms with Crippen LogP contribution in [0.4, 0.5) is 0 Å². The van der Waals surface area contributed by atoms with Gasteiger partial charge in [-0.15, -0.1) is 0 Å². The van der Waals surface area contributed by atoms with Gasteiger partial charge < -0.3 is 9.84 Å². The Morgan fingerprint density at radius 1 is 1.19 bits per heavy atom. The van der Waals surface area contributed by atoms with E-state index in [4.69, 9.17) is 16.3 Å². The second kappa shape index (κ2) is 7.75. The Labute approximate surface area is 157 Å². The zero-order valence-electron chi connectivity index (χ0n) is 14.8. The number of hydrogen-bond acceptors (Lipinski definition) is 3. The molecule has 5 heteroatoms. The van der Waals surface area contributed by atoms with Crippen LogP contribution in [0.15, 0.2) is 42.5 Å². The summed E-state index contributed by atoms with van der Waals surface area (Å²) >= 11 is 6.20. The Kier molecular flexibility index (Phi) is 5.43. The minimum atomic E-state index is -0.967. The third-order valence-corrected chi connectivity index (χ3v) is 4.67. The molecule has 0 saturated heterocycles. The van der Waals surface area contributed by atoms with E-state index in [9.17, 15) is 9.90 Å². The van der Waals surface area contributed by atoms with Gasteiger partial charge in [0.1, 0.15) is 5.75 Å². The number of aromatic nitrogens is 1. The lowest BCUT2D eigenvalue weighted by Crippen LogP contribution is -2.01. The maximum atomic E-state index is 11.8. The lowest BCUT2D eigenvalue weighted by molar-refractivity contribution is 0.0699. The van der Waals surface area contributed by atoms with Gasteiger partial charge in [0.2, 0.25) is 0 Å². The molecule has 0 aliphatic carbocycles. The molecule has 26 heavy (non-hydrogen) atoms. The molecule has 0 aliphatic rings. The molecule has 0 spiro atoms. The van der Waals surface area contributed by atoms with E-state index in [0.29, 0.717) is 27.4 Å². The number of carboxylic acid groups (broad SMARTS) is 1. The summed E-state index contributed by atoms with van der Waals surface area (Å²) in [5, 5.41) is 10.8. The van der Waals surface area contributed by atoms with Crippen LogP contribution in [0.2, 0.25) is 5.02 Å². The van der Waals surface area contributed by atoms with Crippen LogP contribution in [-0.2, 0) is 6.42 Å². The number of hydrogen-bond donors (Lipinski definition) is 1. The van der Waals surface area contributed by atoms with E-state index < -0.39 is 5.97 Å². The molecule has 1 heterocycles. The molecule has 0 amide bonds. The number of benzene rings is 2. The number of aromatic carboxylic acids is 1. The average Bonchev–Trinajstić information content (AvgIpc) is 2.65. The minimum absolute atomic E-state index is 0.246. The number of rotatable bonds is 6. The fourth-order valence-electron chi connectivity index (χ4n) is 2.96. The van der Waals surface area contributed by atoms with Gasteiger partial charge in [-0.05, 0) is 54.8 Å². The molecule has 0 saturated carbocycles. The molecule has 0 aliphatic heterocycles. The largest absolute Gasteiger partial charge is 0.495 e. The first-order chi connectivity index (χ1) is 12.5. The van der Waals surface area contributed by atoms with Crippen molar-refractivity contribution in [1.82, 2.24) is 4.98 Å². The maximum Gasteiger partial charge on any atom is 0.336 e. The van der Waals surface area contributed by atoms with Crippen LogP contribution in [0, 0.1) is 0 Å². The number of nitrogens with zero attached hydrogens (tertiary/aromatic N) is 1. The maximum absolute atomic E-state index is 11.8. The first kappa shape index (κ1) is 18.2. The molecule has 134 valence electrons. The molecule has 4 nitrogen and oxygen atoms in total. The van der Waals surface area contributed by atoms with E-state index in [1.165, 1.54) is 0 Å². The highest BCUT2D eigenvalue weighted by molar-refractivity contribution is 6.32. The van der Waals surface area contributed by atoms with Crippen LogP contribution < -0.4 is 4.74 Å². The first-order valence-corrected chi connectivity index (χ1v) is 8.92. The Morgan fingerprint density at radius 2 is 2.00 bits per heavy atom. The Morgan fingerprint density at radius 3 is 2.65 bits per heavy atom. The summed E-state index contributed by atoms with van der Waals surface area (Å²) < 4.78 is 5.17. The number of carboxylic acids is 1. The molecular formula is C21H20ClNO3. The predicted molar refractivity (Wildman–Crippen MR) is 104 cm³/mol. The third-order valence-electron chi connectivity index (χ3n) is 4.37. The van der Waals surface area contributed by atoms with Gasteiger partial charge in [-0.3, -0.25) is 0 Å². The van der Waals surface area contributed by atoms with Crippen molar-refractivity contribution in [3.05, 3.63) is 58.6 Å². The zero-order valence-corrected chi connectivity index (χ0v) is 15.5. The molecular weight excluding hydrogens is 350 g/mol. The van der Waals surface area contributed by atoms with E-state index in [1.54, 1.807) is 25.3 Å². The smallest absolute Gasteiger partial charge is 0.336 e. The summed E-state index contributed by atoms with van der Waals surface area (Å²) in [4.78, 5) is 16.5. The summed E-state index contributed by atoms with van der Waals surface area (Å²) in [7, 11) is 1.55. The molecule has 3 aromatic rings. The van der Waals surface area contributed by atoms with Crippen molar-refractivity contribution in [2.24, 2.45) is 0 Å². The number of unbranched alkanes of at least 4 members (excludes halogenated alkanes) is 1. The number of methoxy groups -OCH3 is 1. The summed E-state index contributed by atoms with van der Waals surface area (Å²) in [5.41, 5.74) is 3.35. The summed E-state index contributed by atoms with van der Waals surface area (Å²) in [6.45, 7) is 2.14. The topological polar surface area (TPSA) is 59.4 Å². The third kappa shape index (κ3) is 3.65. The predicted octanol–water partition coefficient (Wildman–Crippen LogP) is 5.60. The van der Waals surface area contributed by atoms with Crippen molar-refractivity contribution in [1.29, 1.82) is 0 Å². The highest BCUT2D eigenvalue weighted by Crippen LogP contribution is 2.31. The van der Waals surface area contributed by atoms with E-state index in [0.717, 1.165) is 30.4 Å². The highest BCUT2D eigenvalue weighted by Gasteiger charge is 2.14. The van der Waals surface area contributed by atoms with E-state index in [2.05, 4.69) is 11.9 Å². The van der Waals surface area contributed by atoms with Gasteiger partial charge in [-0.25, -0.2) is 9.78 Å². The standard InChI is InChI=1S/C21H20ClNO3/c1-3-4-5-13-6-8-18-15(10-13)16(21(24)25)12-19(23-18)14-7-9-20(26-2)17(22)11-14/h6-12H,3-5H2,1-2H3,(H,24,25). The van der Waals surface area contributed by atoms with Gasteiger partial charge in [0, 0.05) is 10.9 Å². The van der Waals surface area contributed by atoms with Crippen molar-refractivity contribution >= 4 is 28.5 Å². The van der Waals surface area contributed by atoms with Crippen LogP contribution >= 0.6 is 11.6 Å². The second-order valence-electron chi connectivity index (χ2n) is 6.16. The van der Waals surface area contributed by atoms with E-state index >= 15 is 0 Å². The number of fused-ring (bicyclic) bond motifs is 1. The summed E-state index contributed by atoms with van der Waals surface area (Å²) in [6, 6.07) is 12.7. The van der Waals surface area contributed by atoms with Crippen molar-refractivity contribution in [2.75, 3.05) is 7.11 Å². The van der Waals surface area contributed by atoms with Gasteiger partial charge in [0.05, 0.1) is 28.9 Å². The molecule has 0 fully saturated rings. The van der Waals surface area contributed by atoms with Gasteiger partial charge in [-0.2, -0.15) is 0 Å². The van der Waals surface area contributed by atoms with Crippen molar-refractivity contribution in [2.45, 2.75) is 26.2 Å². The summed E-state index contributed by atoms with van der Waals surface area (Å²) in [5.74, 6) is -0.402. The van der Waals surface area contributed by atoms with Crippen molar-refractivity contribution < 1.29 is 14.6 Å². The number of pyridine rings is 1. The second-order valence-corrected chi connectivity index (χ2v) is 6.57. The van der Waals surface area contributed by atoms with Gasteiger partial charge in [-0.1, -0.05) is 31.0 Å². The number of ether oxygens (including phenoxy) is 1.